The highest BCUT2D eigenvalue weighted by Gasteiger charge is 2.25. The Morgan fingerprint density at radius 3 is 2.15 bits per heavy atom. The molecule has 0 aliphatic heterocycles. The number of benzene rings is 3. The molecule has 34 heavy (non-hydrogen) atoms. The van der Waals surface area contributed by atoms with E-state index in [0.29, 0.717) is 11.1 Å². The molecule has 174 valence electrons. The Bertz CT molecular complexity index is 1150. The summed E-state index contributed by atoms with van der Waals surface area (Å²) in [5, 5.41) is 5.42. The van der Waals surface area contributed by atoms with Gasteiger partial charge in [-0.15, -0.1) is 0 Å². The fraction of sp³-hybridized carbons (Fsp3) is 0.148. The molecule has 0 fully saturated rings. The second-order valence-corrected chi connectivity index (χ2v) is 8.31. The van der Waals surface area contributed by atoms with Gasteiger partial charge in [-0.25, -0.2) is 4.79 Å². The van der Waals surface area contributed by atoms with E-state index in [0.717, 1.165) is 10.0 Å². The van der Waals surface area contributed by atoms with Gasteiger partial charge in [0, 0.05) is 16.5 Å². The van der Waals surface area contributed by atoms with Crippen LogP contribution < -0.4 is 10.6 Å². The summed E-state index contributed by atoms with van der Waals surface area (Å²) in [4.78, 5) is 38.7. The van der Waals surface area contributed by atoms with Crippen LogP contribution in [0.3, 0.4) is 0 Å². The number of halogens is 1. The molecule has 0 saturated carbocycles. The van der Waals surface area contributed by atoms with E-state index in [4.69, 9.17) is 4.74 Å². The highest BCUT2D eigenvalue weighted by Crippen LogP contribution is 2.14. The topological polar surface area (TPSA) is 84.5 Å². The molecule has 0 spiro atoms. The van der Waals surface area contributed by atoms with E-state index in [1.165, 1.54) is 0 Å². The van der Waals surface area contributed by atoms with Crippen LogP contribution in [-0.2, 0) is 20.7 Å². The second kappa shape index (κ2) is 12.5. The molecule has 0 aliphatic rings. The molecule has 0 radical (unpaired) electrons. The molecule has 0 aliphatic carbocycles. The minimum absolute atomic E-state index is 0.0125. The Kier molecular flexibility index (Phi) is 9.17. The third-order valence-corrected chi connectivity index (χ3v) is 5.40. The SMILES string of the molecule is CCOC(=O)C(Cc1ccccc1)NC(=O)/C(=C/c1ccc(Br)cc1)NC(=O)c1ccccc1. The van der Waals surface area contributed by atoms with Crippen LogP contribution >= 0.6 is 15.9 Å². The van der Waals surface area contributed by atoms with Gasteiger partial charge in [-0.1, -0.05) is 76.6 Å². The molecule has 1 atom stereocenters. The Balaban J connectivity index is 1.87. The number of hydrogen-bond donors (Lipinski definition) is 2. The van der Waals surface area contributed by atoms with E-state index >= 15 is 0 Å². The van der Waals surface area contributed by atoms with Crippen molar-refractivity contribution in [1.29, 1.82) is 0 Å². The highest BCUT2D eigenvalue weighted by atomic mass is 79.9. The number of hydrogen-bond acceptors (Lipinski definition) is 4. The zero-order valence-corrected chi connectivity index (χ0v) is 20.2. The number of esters is 1. The number of carbonyl (C=O) groups is 3. The summed E-state index contributed by atoms with van der Waals surface area (Å²) in [5.74, 6) is -1.58. The van der Waals surface area contributed by atoms with Crippen LogP contribution in [0.1, 0.15) is 28.4 Å². The standard InChI is InChI=1S/C27H25BrN2O4/c1-2-34-27(33)24(18-19-9-5-3-6-10-19)30-26(32)23(17-20-13-15-22(28)16-14-20)29-25(31)21-11-7-4-8-12-21/h3-17,24H,2,18H2,1H3,(H,29,31)(H,30,32)/b23-17-. The summed E-state index contributed by atoms with van der Waals surface area (Å²) < 4.78 is 6.06. The van der Waals surface area contributed by atoms with Gasteiger partial charge in [-0.3, -0.25) is 9.59 Å². The molecule has 3 rings (SSSR count). The van der Waals surface area contributed by atoms with Crippen molar-refractivity contribution in [3.8, 4) is 0 Å². The zero-order valence-electron chi connectivity index (χ0n) is 18.7. The quantitative estimate of drug-likeness (QED) is 0.321. The van der Waals surface area contributed by atoms with Gasteiger partial charge < -0.3 is 15.4 Å². The molecule has 1 unspecified atom stereocenters. The van der Waals surface area contributed by atoms with Gasteiger partial charge in [-0.05, 0) is 48.4 Å². The van der Waals surface area contributed by atoms with Crippen LogP contribution in [0.25, 0.3) is 6.08 Å². The highest BCUT2D eigenvalue weighted by molar-refractivity contribution is 9.10. The van der Waals surface area contributed by atoms with Crippen molar-refractivity contribution >= 4 is 39.8 Å². The molecule has 0 aromatic heterocycles. The lowest BCUT2D eigenvalue weighted by molar-refractivity contribution is -0.147. The van der Waals surface area contributed by atoms with Crippen molar-refractivity contribution in [2.24, 2.45) is 0 Å². The number of carbonyl (C=O) groups excluding carboxylic acids is 3. The number of rotatable bonds is 9. The summed E-state index contributed by atoms with van der Waals surface area (Å²) >= 11 is 3.39. The third kappa shape index (κ3) is 7.42. The third-order valence-electron chi connectivity index (χ3n) is 4.87. The molecule has 6 nitrogen and oxygen atoms in total. The molecule has 2 N–H and O–H groups in total. The monoisotopic (exact) mass is 520 g/mol. The van der Waals surface area contributed by atoms with E-state index in [2.05, 4.69) is 26.6 Å². The summed E-state index contributed by atoms with van der Waals surface area (Å²) in [6, 6.07) is 24.3. The van der Waals surface area contributed by atoms with Gasteiger partial charge in [0.1, 0.15) is 11.7 Å². The molecule has 0 heterocycles. The van der Waals surface area contributed by atoms with Crippen LogP contribution in [0.2, 0.25) is 0 Å². The molecule has 2 amide bonds. The second-order valence-electron chi connectivity index (χ2n) is 7.40. The molecule has 3 aromatic rings. The number of ether oxygens (including phenoxy) is 1. The van der Waals surface area contributed by atoms with E-state index in [9.17, 15) is 14.4 Å². The Hall–Kier alpha value is -3.71. The first-order valence-corrected chi connectivity index (χ1v) is 11.6. The summed E-state index contributed by atoms with van der Waals surface area (Å²) in [6.45, 7) is 1.89. The van der Waals surface area contributed by atoms with Crippen LogP contribution in [-0.4, -0.2) is 30.4 Å². The number of nitrogens with one attached hydrogen (secondary N) is 2. The van der Waals surface area contributed by atoms with Gasteiger partial charge in [0.25, 0.3) is 11.8 Å². The van der Waals surface area contributed by atoms with E-state index in [1.54, 1.807) is 55.5 Å². The van der Waals surface area contributed by atoms with Crippen LogP contribution in [0.4, 0.5) is 0 Å². The van der Waals surface area contributed by atoms with Crippen LogP contribution in [0.5, 0.6) is 0 Å². The maximum atomic E-state index is 13.3. The van der Waals surface area contributed by atoms with Crippen LogP contribution in [0.15, 0.2) is 95.1 Å². The van der Waals surface area contributed by atoms with Gasteiger partial charge in [0.2, 0.25) is 0 Å². The average molecular weight is 521 g/mol. The Labute approximate surface area is 207 Å². The molecule has 7 heteroatoms. The Morgan fingerprint density at radius 2 is 1.53 bits per heavy atom. The van der Waals surface area contributed by atoms with Crippen molar-refractivity contribution in [3.63, 3.8) is 0 Å². The van der Waals surface area contributed by atoms with Crippen molar-refractivity contribution in [2.75, 3.05) is 6.61 Å². The zero-order chi connectivity index (χ0) is 24.3. The van der Waals surface area contributed by atoms with Gasteiger partial charge in [0.15, 0.2) is 0 Å². The summed E-state index contributed by atoms with van der Waals surface area (Å²) in [7, 11) is 0. The van der Waals surface area contributed by atoms with Gasteiger partial charge in [0.05, 0.1) is 6.61 Å². The number of amides is 2. The molecule has 3 aromatic carbocycles. The minimum Gasteiger partial charge on any atom is -0.464 e. The van der Waals surface area contributed by atoms with Crippen molar-refractivity contribution in [3.05, 3.63) is 112 Å². The van der Waals surface area contributed by atoms with Crippen LogP contribution in [0, 0.1) is 0 Å². The molecular weight excluding hydrogens is 496 g/mol. The minimum atomic E-state index is -0.920. The Morgan fingerprint density at radius 1 is 0.912 bits per heavy atom. The predicted molar refractivity (Wildman–Crippen MR) is 135 cm³/mol. The molecular formula is C27H25BrN2O4. The fourth-order valence-corrected chi connectivity index (χ4v) is 3.45. The first-order valence-electron chi connectivity index (χ1n) is 10.8. The van der Waals surface area contributed by atoms with E-state index in [1.807, 2.05) is 42.5 Å². The van der Waals surface area contributed by atoms with Crippen molar-refractivity contribution in [2.45, 2.75) is 19.4 Å². The molecule has 0 saturated heterocycles. The van der Waals surface area contributed by atoms with Gasteiger partial charge in [-0.2, -0.15) is 0 Å². The summed E-state index contributed by atoms with van der Waals surface area (Å²) in [6.07, 6.45) is 1.82. The molecule has 0 bridgehead atoms. The maximum Gasteiger partial charge on any atom is 0.328 e. The lowest BCUT2D eigenvalue weighted by atomic mass is 10.1. The lowest BCUT2D eigenvalue weighted by Crippen LogP contribution is -2.46. The predicted octanol–water partition coefficient (Wildman–Crippen LogP) is 4.51. The van der Waals surface area contributed by atoms with E-state index in [-0.39, 0.29) is 18.7 Å². The fourth-order valence-electron chi connectivity index (χ4n) is 3.19. The first-order chi connectivity index (χ1) is 16.5. The van der Waals surface area contributed by atoms with Crippen molar-refractivity contribution in [1.82, 2.24) is 10.6 Å². The maximum absolute atomic E-state index is 13.3. The van der Waals surface area contributed by atoms with Gasteiger partial charge >= 0.3 is 5.97 Å². The normalized spacial score (nSPS) is 11.9. The van der Waals surface area contributed by atoms with E-state index < -0.39 is 23.8 Å². The van der Waals surface area contributed by atoms with Crippen molar-refractivity contribution < 1.29 is 19.1 Å². The average Bonchev–Trinajstić information content (AvgIpc) is 2.85. The summed E-state index contributed by atoms with van der Waals surface area (Å²) in [5.41, 5.74) is 1.99. The lowest BCUT2D eigenvalue weighted by Gasteiger charge is -2.19. The smallest absolute Gasteiger partial charge is 0.328 e. The first kappa shape index (κ1) is 24.9. The largest absolute Gasteiger partial charge is 0.464 e.